The first-order valence-electron chi connectivity index (χ1n) is 16.4. The van der Waals surface area contributed by atoms with Crippen LogP contribution in [-0.4, -0.2) is 67.8 Å². The molecule has 46 heavy (non-hydrogen) atoms. The molecule has 9 rings (SSSR count). The Morgan fingerprint density at radius 3 is 1.48 bits per heavy atom. The van der Waals surface area contributed by atoms with E-state index in [4.69, 9.17) is 28.4 Å². The van der Waals surface area contributed by atoms with Crippen LogP contribution in [0.3, 0.4) is 0 Å². The van der Waals surface area contributed by atoms with Gasteiger partial charge in [-0.3, -0.25) is 0 Å². The van der Waals surface area contributed by atoms with Gasteiger partial charge in [-0.05, 0) is 71.3 Å². The van der Waals surface area contributed by atoms with E-state index in [1.54, 1.807) is 28.4 Å². The smallest absolute Gasteiger partial charge is 0.334 e. The number of carbonyl (C=O) groups excluding carboxylic acids is 2. The van der Waals surface area contributed by atoms with E-state index >= 15 is 0 Å². The molecule has 8 heteroatoms. The highest BCUT2D eigenvalue weighted by Crippen LogP contribution is 2.92. The molecular weight excluding hydrogens is 584 g/mol. The standard InChI is InChI=1S/C38H40O8/c1-41-15-37-23-14-24(28-27(23)29(35(39)45-5)30(28)36(40)46-6)38(37,16-42-2)32-22-13-21(31(32)37)25-26(22)34(44-4)20-12-18-10-8-7-9-17(18)11-19(20)33(25)43-3/h7-12,21-24,27-28,31-32H,13-16H2,1-6H3/t21-,22+,23-,24+,27+,28-,31-,32+,37-,38+. The molecule has 0 unspecified atom stereocenters. The van der Waals surface area contributed by atoms with Crippen LogP contribution in [0, 0.1) is 46.3 Å². The Bertz CT molecular complexity index is 1760. The number of carbonyl (C=O) groups is 2. The number of hydrogen-bond donors (Lipinski definition) is 0. The van der Waals surface area contributed by atoms with Crippen molar-refractivity contribution < 1.29 is 38.0 Å². The Morgan fingerprint density at radius 2 is 1.11 bits per heavy atom. The molecule has 0 amide bonds. The largest absolute Gasteiger partial charge is 0.496 e. The summed E-state index contributed by atoms with van der Waals surface area (Å²) in [5.41, 5.74) is 3.14. The van der Waals surface area contributed by atoms with E-state index in [0.717, 1.165) is 35.1 Å². The van der Waals surface area contributed by atoms with Crippen molar-refractivity contribution in [3.63, 3.8) is 0 Å². The molecule has 6 aliphatic rings. The van der Waals surface area contributed by atoms with Gasteiger partial charge in [0.2, 0.25) is 0 Å². The number of benzene rings is 3. The molecule has 0 radical (unpaired) electrons. The number of rotatable bonds is 8. The van der Waals surface area contributed by atoms with Gasteiger partial charge in [-0.25, -0.2) is 9.59 Å². The fraction of sp³-hybridized carbons (Fsp3) is 0.526. The minimum Gasteiger partial charge on any atom is -0.496 e. The molecule has 3 aromatic rings. The Labute approximate surface area is 268 Å². The van der Waals surface area contributed by atoms with Crippen LogP contribution in [0.25, 0.3) is 21.5 Å². The normalized spacial score (nSPS) is 36.9. The highest BCUT2D eigenvalue weighted by atomic mass is 16.5. The van der Waals surface area contributed by atoms with Gasteiger partial charge in [0.25, 0.3) is 0 Å². The quantitative estimate of drug-likeness (QED) is 0.138. The van der Waals surface area contributed by atoms with Gasteiger partial charge >= 0.3 is 11.9 Å². The van der Waals surface area contributed by atoms with Crippen molar-refractivity contribution in [3.8, 4) is 11.5 Å². The van der Waals surface area contributed by atoms with Gasteiger partial charge in [-0.1, -0.05) is 24.3 Å². The highest BCUT2D eigenvalue weighted by Gasteiger charge is 2.90. The number of fused-ring (bicyclic) bond motifs is 20. The van der Waals surface area contributed by atoms with Gasteiger partial charge < -0.3 is 28.4 Å². The predicted molar refractivity (Wildman–Crippen MR) is 170 cm³/mol. The number of ether oxygens (including phenoxy) is 6. The highest BCUT2D eigenvalue weighted by molar-refractivity contribution is 6.06. The van der Waals surface area contributed by atoms with Crippen LogP contribution in [0.5, 0.6) is 11.5 Å². The van der Waals surface area contributed by atoms with Crippen LogP contribution in [0.2, 0.25) is 0 Å². The topological polar surface area (TPSA) is 89.5 Å². The van der Waals surface area contributed by atoms with Gasteiger partial charge in [-0.15, -0.1) is 0 Å². The summed E-state index contributed by atoms with van der Waals surface area (Å²) < 4.78 is 35.6. The summed E-state index contributed by atoms with van der Waals surface area (Å²) in [6.45, 7) is 1.17. The molecule has 4 bridgehead atoms. The predicted octanol–water partition coefficient (Wildman–Crippen LogP) is 5.64. The lowest BCUT2D eigenvalue weighted by atomic mass is 9.28. The van der Waals surface area contributed by atoms with Crippen LogP contribution in [0.15, 0.2) is 47.5 Å². The summed E-state index contributed by atoms with van der Waals surface area (Å²) in [6.07, 6.45) is 1.94. The Hall–Kier alpha value is -3.62. The van der Waals surface area contributed by atoms with E-state index < -0.39 is 11.9 Å². The van der Waals surface area contributed by atoms with Gasteiger partial charge in [-0.2, -0.15) is 0 Å². The van der Waals surface area contributed by atoms with Crippen molar-refractivity contribution in [2.45, 2.75) is 24.7 Å². The van der Waals surface area contributed by atoms with Crippen molar-refractivity contribution in [1.82, 2.24) is 0 Å². The molecule has 0 heterocycles. The summed E-state index contributed by atoms with van der Waals surface area (Å²) in [5, 5.41) is 4.50. The minimum atomic E-state index is -0.418. The monoisotopic (exact) mass is 624 g/mol. The molecule has 240 valence electrons. The molecule has 10 atom stereocenters. The second kappa shape index (κ2) is 9.48. The Kier molecular flexibility index (Phi) is 5.89. The van der Waals surface area contributed by atoms with E-state index in [1.165, 1.54) is 36.1 Å². The van der Waals surface area contributed by atoms with Crippen molar-refractivity contribution >= 4 is 33.5 Å². The first-order valence-corrected chi connectivity index (χ1v) is 16.4. The van der Waals surface area contributed by atoms with E-state index in [9.17, 15) is 9.59 Å². The van der Waals surface area contributed by atoms with Crippen LogP contribution >= 0.6 is 0 Å². The van der Waals surface area contributed by atoms with E-state index in [1.807, 2.05) is 0 Å². The summed E-state index contributed by atoms with van der Waals surface area (Å²) in [6, 6.07) is 12.9. The number of hydrogen-bond acceptors (Lipinski definition) is 8. The van der Waals surface area contributed by atoms with Crippen LogP contribution in [0.1, 0.15) is 35.8 Å². The summed E-state index contributed by atoms with van der Waals surface area (Å²) >= 11 is 0. The van der Waals surface area contributed by atoms with Crippen molar-refractivity contribution in [2.24, 2.45) is 46.3 Å². The zero-order valence-corrected chi connectivity index (χ0v) is 27.2. The van der Waals surface area contributed by atoms with Gasteiger partial charge in [0.15, 0.2) is 0 Å². The fourth-order valence-electron chi connectivity index (χ4n) is 13.1. The lowest BCUT2D eigenvalue weighted by Crippen LogP contribution is -2.75. The third kappa shape index (κ3) is 2.84. The molecule has 6 aliphatic carbocycles. The van der Waals surface area contributed by atoms with Crippen molar-refractivity contribution in [2.75, 3.05) is 55.9 Å². The molecule has 0 spiro atoms. The lowest BCUT2D eigenvalue weighted by Gasteiger charge is -2.75. The van der Waals surface area contributed by atoms with Gasteiger partial charge in [0.05, 0.1) is 52.8 Å². The second-order valence-corrected chi connectivity index (χ2v) is 14.4. The van der Waals surface area contributed by atoms with Crippen LogP contribution < -0.4 is 9.47 Å². The minimum absolute atomic E-state index is 0.0503. The Balaban J connectivity index is 1.28. The maximum absolute atomic E-state index is 13.2. The number of methoxy groups -OCH3 is 6. The molecule has 0 aromatic heterocycles. The molecule has 3 aromatic carbocycles. The third-order valence-electron chi connectivity index (χ3n) is 13.7. The average Bonchev–Trinajstić information content (AvgIpc) is 3.75. The Morgan fingerprint density at radius 1 is 0.674 bits per heavy atom. The molecule has 8 nitrogen and oxygen atoms in total. The summed E-state index contributed by atoms with van der Waals surface area (Å²) in [5.74, 6) is 2.47. The van der Waals surface area contributed by atoms with E-state index in [2.05, 4.69) is 36.4 Å². The van der Waals surface area contributed by atoms with Gasteiger partial charge in [0, 0.05) is 58.8 Å². The maximum atomic E-state index is 13.2. The fourth-order valence-corrected chi connectivity index (χ4v) is 13.1. The van der Waals surface area contributed by atoms with Crippen molar-refractivity contribution in [3.05, 3.63) is 58.7 Å². The maximum Gasteiger partial charge on any atom is 0.334 e. The molecular formula is C38H40O8. The SMILES string of the molecule is COC[C@@]12[C@H]3[C@H]([C@H]4C[C@@H]3c3c4c(OC)c4cc5ccccc5cc4c3OC)[C@]1(COC)[C@H]1C[C@@H]2[C@@H]2C(C(=O)OC)=C(C(=O)OC)[C@@H]21. The molecule has 0 aliphatic heterocycles. The second-order valence-electron chi connectivity index (χ2n) is 14.4. The van der Waals surface area contributed by atoms with Crippen LogP contribution in [0.4, 0.5) is 0 Å². The van der Waals surface area contributed by atoms with E-state index in [-0.39, 0.29) is 46.3 Å². The zero-order chi connectivity index (χ0) is 31.9. The zero-order valence-electron chi connectivity index (χ0n) is 27.2. The third-order valence-corrected chi connectivity index (χ3v) is 13.7. The van der Waals surface area contributed by atoms with E-state index in [0.29, 0.717) is 36.2 Å². The summed E-state index contributed by atoms with van der Waals surface area (Å²) in [7, 11) is 9.96. The molecule has 4 fully saturated rings. The van der Waals surface area contributed by atoms with Crippen LogP contribution in [-0.2, 0) is 28.5 Å². The lowest BCUT2D eigenvalue weighted by molar-refractivity contribution is -0.294. The average molecular weight is 625 g/mol. The molecule has 4 saturated carbocycles. The molecule has 0 saturated heterocycles. The summed E-state index contributed by atoms with van der Waals surface area (Å²) in [4.78, 5) is 26.5. The van der Waals surface area contributed by atoms with Crippen molar-refractivity contribution in [1.29, 1.82) is 0 Å². The molecule has 0 N–H and O–H groups in total. The number of esters is 2. The first kappa shape index (κ1) is 28.6. The van der Waals surface area contributed by atoms with Gasteiger partial charge in [0.1, 0.15) is 11.5 Å². The first-order chi connectivity index (χ1) is 22.4.